The standard InChI is InChI=1S/C18H16O5/c1-11-6-7-15(22-10-17(19)20)14(8-11)16-9-12-4-2-3-5-13(12)18(21)23-16/h2-8,16H,9-10H2,1H3,(H,19,20)/t16-/m0/s1. The number of carboxylic acid groups (broad SMARTS) is 1. The Morgan fingerprint density at radius 3 is 2.87 bits per heavy atom. The van der Waals surface area contributed by atoms with Crippen LogP contribution in [0.4, 0.5) is 0 Å². The van der Waals surface area contributed by atoms with Gasteiger partial charge in [0.05, 0.1) is 5.56 Å². The molecule has 3 rings (SSSR count). The van der Waals surface area contributed by atoms with Gasteiger partial charge in [0.15, 0.2) is 6.61 Å². The molecule has 2 aromatic rings. The maximum Gasteiger partial charge on any atom is 0.341 e. The van der Waals surface area contributed by atoms with Crippen LogP contribution in [0.25, 0.3) is 0 Å². The summed E-state index contributed by atoms with van der Waals surface area (Å²) in [5.41, 5.74) is 3.16. The van der Waals surface area contributed by atoms with Gasteiger partial charge in [0.1, 0.15) is 11.9 Å². The van der Waals surface area contributed by atoms with Crippen LogP contribution in [-0.2, 0) is 16.0 Å². The van der Waals surface area contributed by atoms with Gasteiger partial charge < -0.3 is 14.6 Å². The monoisotopic (exact) mass is 312 g/mol. The first kappa shape index (κ1) is 15.1. The number of aliphatic carboxylic acids is 1. The highest BCUT2D eigenvalue weighted by molar-refractivity contribution is 5.92. The lowest BCUT2D eigenvalue weighted by Gasteiger charge is -2.26. The Morgan fingerprint density at radius 2 is 2.09 bits per heavy atom. The van der Waals surface area contributed by atoms with E-state index in [1.165, 1.54) is 0 Å². The average Bonchev–Trinajstić information content (AvgIpc) is 2.53. The molecule has 0 amide bonds. The van der Waals surface area contributed by atoms with Crippen LogP contribution in [0.15, 0.2) is 42.5 Å². The molecular weight excluding hydrogens is 296 g/mol. The highest BCUT2D eigenvalue weighted by Gasteiger charge is 2.29. The largest absolute Gasteiger partial charge is 0.481 e. The van der Waals surface area contributed by atoms with Gasteiger partial charge in [-0.1, -0.05) is 29.8 Å². The quantitative estimate of drug-likeness (QED) is 0.879. The number of ether oxygens (including phenoxy) is 2. The number of carbonyl (C=O) groups excluding carboxylic acids is 1. The molecule has 2 aromatic carbocycles. The molecule has 23 heavy (non-hydrogen) atoms. The molecule has 5 heteroatoms. The zero-order valence-corrected chi connectivity index (χ0v) is 12.6. The lowest BCUT2D eigenvalue weighted by molar-refractivity contribution is -0.139. The third-order valence-electron chi connectivity index (χ3n) is 3.76. The summed E-state index contributed by atoms with van der Waals surface area (Å²) in [5.74, 6) is -1.000. The fraction of sp³-hybridized carbons (Fsp3) is 0.222. The molecule has 118 valence electrons. The van der Waals surface area contributed by atoms with Gasteiger partial charge in [0, 0.05) is 12.0 Å². The number of benzene rings is 2. The highest BCUT2D eigenvalue weighted by atomic mass is 16.5. The van der Waals surface area contributed by atoms with Crippen molar-refractivity contribution >= 4 is 11.9 Å². The van der Waals surface area contributed by atoms with E-state index in [-0.39, 0.29) is 5.97 Å². The molecule has 5 nitrogen and oxygen atoms in total. The molecule has 1 aliphatic rings. The van der Waals surface area contributed by atoms with Gasteiger partial charge >= 0.3 is 11.9 Å². The second-order valence-electron chi connectivity index (χ2n) is 5.48. The SMILES string of the molecule is Cc1ccc(OCC(=O)O)c([C@@H]2Cc3ccccc3C(=O)O2)c1. The van der Waals surface area contributed by atoms with E-state index in [9.17, 15) is 9.59 Å². The number of hydrogen-bond donors (Lipinski definition) is 1. The minimum absolute atomic E-state index is 0.373. The number of fused-ring (bicyclic) bond motifs is 1. The summed E-state index contributed by atoms with van der Waals surface area (Å²) in [5, 5.41) is 8.79. The lowest BCUT2D eigenvalue weighted by atomic mass is 9.93. The number of hydrogen-bond acceptors (Lipinski definition) is 4. The van der Waals surface area contributed by atoms with E-state index in [4.69, 9.17) is 14.6 Å². The van der Waals surface area contributed by atoms with Crippen molar-refractivity contribution in [3.63, 3.8) is 0 Å². The van der Waals surface area contributed by atoms with Gasteiger partial charge in [-0.15, -0.1) is 0 Å². The maximum atomic E-state index is 12.2. The predicted octanol–water partition coefficient (Wildman–Crippen LogP) is 2.91. The first-order chi connectivity index (χ1) is 11.0. The third-order valence-corrected chi connectivity index (χ3v) is 3.76. The van der Waals surface area contributed by atoms with Crippen LogP contribution in [0.1, 0.15) is 33.2 Å². The summed E-state index contributed by atoms with van der Waals surface area (Å²) in [6.07, 6.45) is 0.0514. The van der Waals surface area contributed by atoms with E-state index < -0.39 is 18.7 Å². The van der Waals surface area contributed by atoms with Crippen LogP contribution in [0.3, 0.4) is 0 Å². The minimum atomic E-state index is -1.05. The molecule has 0 saturated carbocycles. The van der Waals surface area contributed by atoms with E-state index in [0.717, 1.165) is 11.1 Å². The molecule has 1 aliphatic heterocycles. The van der Waals surface area contributed by atoms with Crippen molar-refractivity contribution in [3.8, 4) is 5.75 Å². The second-order valence-corrected chi connectivity index (χ2v) is 5.48. The molecule has 1 N–H and O–H groups in total. The van der Waals surface area contributed by atoms with E-state index in [1.54, 1.807) is 18.2 Å². The molecule has 0 aromatic heterocycles. The number of rotatable bonds is 4. The topological polar surface area (TPSA) is 72.8 Å². The van der Waals surface area contributed by atoms with Gasteiger partial charge in [0.25, 0.3) is 0 Å². The third kappa shape index (κ3) is 3.18. The van der Waals surface area contributed by atoms with Crippen molar-refractivity contribution in [2.24, 2.45) is 0 Å². The molecule has 0 radical (unpaired) electrons. The molecule has 0 unspecified atom stereocenters. The number of carbonyl (C=O) groups is 2. The van der Waals surface area contributed by atoms with Crippen LogP contribution in [0.2, 0.25) is 0 Å². The number of cyclic esters (lactones) is 1. The van der Waals surface area contributed by atoms with Crippen molar-refractivity contribution in [1.82, 2.24) is 0 Å². The summed E-state index contributed by atoms with van der Waals surface area (Å²) >= 11 is 0. The van der Waals surface area contributed by atoms with Crippen LogP contribution in [-0.4, -0.2) is 23.7 Å². The molecule has 1 atom stereocenters. The zero-order valence-electron chi connectivity index (χ0n) is 12.6. The Hall–Kier alpha value is -2.82. The Bertz CT molecular complexity index is 766. The van der Waals surface area contributed by atoms with Crippen molar-refractivity contribution < 1.29 is 24.2 Å². The highest BCUT2D eigenvalue weighted by Crippen LogP contribution is 2.35. The zero-order chi connectivity index (χ0) is 16.4. The maximum absolute atomic E-state index is 12.2. The summed E-state index contributed by atoms with van der Waals surface area (Å²) in [4.78, 5) is 22.9. The van der Waals surface area contributed by atoms with Crippen molar-refractivity contribution in [2.75, 3.05) is 6.61 Å². The lowest BCUT2D eigenvalue weighted by Crippen LogP contribution is -2.22. The van der Waals surface area contributed by atoms with Crippen LogP contribution in [0.5, 0.6) is 5.75 Å². The summed E-state index contributed by atoms with van der Waals surface area (Å²) in [7, 11) is 0. The van der Waals surface area contributed by atoms with E-state index >= 15 is 0 Å². The van der Waals surface area contributed by atoms with Gasteiger partial charge in [-0.05, 0) is 30.7 Å². The van der Waals surface area contributed by atoms with Crippen LogP contribution in [0, 0.1) is 6.92 Å². The molecule has 1 heterocycles. The number of aryl methyl sites for hydroxylation is 1. The Balaban J connectivity index is 1.94. The van der Waals surface area contributed by atoms with Crippen molar-refractivity contribution in [1.29, 1.82) is 0 Å². The Kier molecular flexibility index (Phi) is 4.02. The van der Waals surface area contributed by atoms with Gasteiger partial charge in [0.2, 0.25) is 0 Å². The van der Waals surface area contributed by atoms with Crippen LogP contribution < -0.4 is 4.74 Å². The molecule has 0 spiro atoms. The van der Waals surface area contributed by atoms with Crippen molar-refractivity contribution in [2.45, 2.75) is 19.4 Å². The molecule has 0 fully saturated rings. The van der Waals surface area contributed by atoms with Gasteiger partial charge in [-0.2, -0.15) is 0 Å². The van der Waals surface area contributed by atoms with E-state index in [2.05, 4.69) is 0 Å². The normalized spacial score (nSPS) is 16.4. The Morgan fingerprint density at radius 1 is 1.30 bits per heavy atom. The first-order valence-corrected chi connectivity index (χ1v) is 7.28. The molecule has 0 bridgehead atoms. The van der Waals surface area contributed by atoms with Gasteiger partial charge in [-0.25, -0.2) is 9.59 Å². The summed E-state index contributed by atoms with van der Waals surface area (Å²) < 4.78 is 10.9. The molecule has 0 saturated heterocycles. The predicted molar refractivity (Wildman–Crippen MR) is 82.6 cm³/mol. The molecular formula is C18H16O5. The summed E-state index contributed by atoms with van der Waals surface area (Å²) in [6, 6.07) is 12.7. The Labute approximate surface area is 133 Å². The van der Waals surface area contributed by atoms with E-state index in [0.29, 0.717) is 23.3 Å². The second kappa shape index (κ2) is 6.12. The number of esters is 1. The average molecular weight is 312 g/mol. The fourth-order valence-electron chi connectivity index (χ4n) is 2.70. The van der Waals surface area contributed by atoms with Crippen molar-refractivity contribution in [3.05, 3.63) is 64.7 Å². The molecule has 0 aliphatic carbocycles. The summed E-state index contributed by atoms with van der Waals surface area (Å²) in [6.45, 7) is 1.48. The fourth-order valence-corrected chi connectivity index (χ4v) is 2.70. The minimum Gasteiger partial charge on any atom is -0.481 e. The number of carboxylic acids is 1. The van der Waals surface area contributed by atoms with Gasteiger partial charge in [-0.3, -0.25) is 0 Å². The van der Waals surface area contributed by atoms with Crippen LogP contribution >= 0.6 is 0 Å². The van der Waals surface area contributed by atoms with E-state index in [1.807, 2.05) is 31.2 Å². The first-order valence-electron chi connectivity index (χ1n) is 7.28. The smallest absolute Gasteiger partial charge is 0.341 e.